The molecule has 2 N–H and O–H groups in total. The molecule has 0 unspecified atom stereocenters. The monoisotopic (exact) mass is 531 g/mol. The van der Waals surface area contributed by atoms with Gasteiger partial charge in [-0.2, -0.15) is 10.4 Å². The standard InChI is InChI=1S/C25H21ClF3N5O3/c1-34-20(13-18(33-34)16-5-3-2-4-6-16)23(36)31-19(22(35)32-24(14-30)9-10-24)12-15-7-8-21(17(26)11-15)37-25(27,28)29/h2-8,11,13,19H,9-10,12H2,1H3,(H,31,36)(H,32,35)/t19-/m0/s1. The lowest BCUT2D eigenvalue weighted by Gasteiger charge is -2.21. The molecule has 1 aliphatic carbocycles. The third-order valence-electron chi connectivity index (χ3n) is 5.79. The van der Waals surface area contributed by atoms with Crippen molar-refractivity contribution in [3.8, 4) is 23.1 Å². The number of hydrogen-bond donors (Lipinski definition) is 2. The molecule has 0 aliphatic heterocycles. The van der Waals surface area contributed by atoms with Crippen LogP contribution in [0.4, 0.5) is 13.2 Å². The molecule has 2 amide bonds. The van der Waals surface area contributed by atoms with Crippen LogP contribution >= 0.6 is 11.6 Å². The van der Waals surface area contributed by atoms with Crippen molar-refractivity contribution in [1.29, 1.82) is 5.26 Å². The molecular formula is C25H21ClF3N5O3. The Morgan fingerprint density at radius 2 is 1.92 bits per heavy atom. The molecule has 37 heavy (non-hydrogen) atoms. The van der Waals surface area contributed by atoms with Crippen molar-refractivity contribution in [3.63, 3.8) is 0 Å². The minimum atomic E-state index is -4.92. The van der Waals surface area contributed by atoms with Crippen LogP contribution in [-0.2, 0) is 18.3 Å². The topological polar surface area (TPSA) is 109 Å². The molecule has 3 aromatic rings. The number of halogens is 4. The van der Waals surface area contributed by atoms with Crippen LogP contribution < -0.4 is 15.4 Å². The van der Waals surface area contributed by atoms with E-state index in [1.807, 2.05) is 30.3 Å². The van der Waals surface area contributed by atoms with E-state index in [-0.39, 0.29) is 17.1 Å². The summed E-state index contributed by atoms with van der Waals surface area (Å²) in [5.74, 6) is -1.79. The fourth-order valence-electron chi connectivity index (χ4n) is 3.70. The van der Waals surface area contributed by atoms with E-state index in [0.717, 1.165) is 11.6 Å². The van der Waals surface area contributed by atoms with E-state index in [1.165, 1.54) is 16.8 Å². The first-order chi connectivity index (χ1) is 17.5. The molecule has 1 atom stereocenters. The summed E-state index contributed by atoms with van der Waals surface area (Å²) in [6, 6.07) is 15.3. The second-order valence-electron chi connectivity index (χ2n) is 8.63. The van der Waals surface area contributed by atoms with Gasteiger partial charge in [-0.1, -0.05) is 48.0 Å². The maximum atomic E-state index is 13.2. The average Bonchev–Trinajstić information content (AvgIpc) is 3.51. The number of nitrogens with zero attached hydrogens (tertiary/aromatic N) is 3. The van der Waals surface area contributed by atoms with Crippen LogP contribution in [0.15, 0.2) is 54.6 Å². The van der Waals surface area contributed by atoms with Crippen molar-refractivity contribution < 1.29 is 27.5 Å². The Labute approximate surface area is 215 Å². The lowest BCUT2D eigenvalue weighted by atomic mass is 10.0. The highest BCUT2D eigenvalue weighted by molar-refractivity contribution is 6.32. The van der Waals surface area contributed by atoms with Gasteiger partial charge in [0, 0.05) is 19.0 Å². The van der Waals surface area contributed by atoms with Crippen LogP contribution in [-0.4, -0.2) is 39.5 Å². The third kappa shape index (κ3) is 6.40. The van der Waals surface area contributed by atoms with E-state index in [1.54, 1.807) is 13.1 Å². The summed E-state index contributed by atoms with van der Waals surface area (Å²) in [5.41, 5.74) is 0.922. The Morgan fingerprint density at radius 1 is 1.22 bits per heavy atom. The van der Waals surface area contributed by atoms with Gasteiger partial charge in [0.05, 0.1) is 16.8 Å². The molecule has 2 aromatic carbocycles. The Kier molecular flexibility index (Phi) is 7.14. The molecule has 8 nitrogen and oxygen atoms in total. The molecular weight excluding hydrogens is 511 g/mol. The Hall–Kier alpha value is -4.04. The van der Waals surface area contributed by atoms with Gasteiger partial charge in [-0.3, -0.25) is 14.3 Å². The molecule has 4 rings (SSSR count). The highest BCUT2D eigenvalue weighted by Gasteiger charge is 2.45. The third-order valence-corrected chi connectivity index (χ3v) is 6.09. The number of amides is 2. The lowest BCUT2D eigenvalue weighted by Crippen LogP contribution is -2.51. The van der Waals surface area contributed by atoms with E-state index in [2.05, 4.69) is 26.5 Å². The van der Waals surface area contributed by atoms with Gasteiger partial charge in [-0.05, 0) is 36.6 Å². The summed E-state index contributed by atoms with van der Waals surface area (Å²) in [5, 5.41) is 18.7. The lowest BCUT2D eigenvalue weighted by molar-refractivity contribution is -0.274. The normalized spacial score (nSPS) is 14.8. The Morgan fingerprint density at radius 3 is 2.51 bits per heavy atom. The SMILES string of the molecule is Cn1nc(-c2ccccc2)cc1C(=O)N[C@@H](Cc1ccc(OC(F)(F)F)c(Cl)c1)C(=O)NC1(C#N)CC1. The second kappa shape index (κ2) is 10.1. The van der Waals surface area contributed by atoms with E-state index in [9.17, 15) is 28.0 Å². The first-order valence-corrected chi connectivity index (χ1v) is 11.5. The van der Waals surface area contributed by atoms with Gasteiger partial charge >= 0.3 is 6.36 Å². The minimum Gasteiger partial charge on any atom is -0.404 e. The zero-order chi connectivity index (χ0) is 26.8. The van der Waals surface area contributed by atoms with Crippen LogP contribution in [0.2, 0.25) is 5.02 Å². The summed E-state index contributed by atoms with van der Waals surface area (Å²) >= 11 is 5.95. The molecule has 12 heteroatoms. The zero-order valence-corrected chi connectivity index (χ0v) is 20.2. The van der Waals surface area contributed by atoms with Crippen molar-refractivity contribution in [2.75, 3.05) is 0 Å². The largest absolute Gasteiger partial charge is 0.573 e. The van der Waals surface area contributed by atoms with Gasteiger partial charge in [0.15, 0.2) is 0 Å². The number of aromatic nitrogens is 2. The average molecular weight is 532 g/mol. The highest BCUT2D eigenvalue weighted by Crippen LogP contribution is 2.35. The first-order valence-electron chi connectivity index (χ1n) is 11.2. The van der Waals surface area contributed by atoms with Crippen molar-refractivity contribution in [2.45, 2.75) is 37.2 Å². The number of hydrogen-bond acceptors (Lipinski definition) is 5. The van der Waals surface area contributed by atoms with Gasteiger partial charge in [0.1, 0.15) is 23.0 Å². The molecule has 1 saturated carbocycles. The van der Waals surface area contributed by atoms with Crippen LogP contribution in [0, 0.1) is 11.3 Å². The molecule has 192 valence electrons. The van der Waals surface area contributed by atoms with Gasteiger partial charge in [-0.25, -0.2) is 0 Å². The number of carbonyl (C=O) groups is 2. The fourth-order valence-corrected chi connectivity index (χ4v) is 3.94. The van der Waals surface area contributed by atoms with Crippen molar-refractivity contribution in [3.05, 3.63) is 70.9 Å². The van der Waals surface area contributed by atoms with E-state index < -0.39 is 35.5 Å². The summed E-state index contributed by atoms with van der Waals surface area (Å²) in [6.45, 7) is 0. The predicted octanol–water partition coefficient (Wildman–Crippen LogP) is 4.15. The van der Waals surface area contributed by atoms with Crippen LogP contribution in [0.3, 0.4) is 0 Å². The molecule has 0 spiro atoms. The second-order valence-corrected chi connectivity index (χ2v) is 9.04. The van der Waals surface area contributed by atoms with Crippen molar-refractivity contribution in [2.24, 2.45) is 7.05 Å². The van der Waals surface area contributed by atoms with E-state index in [0.29, 0.717) is 24.1 Å². The molecule has 0 bridgehead atoms. The number of ether oxygens (including phenoxy) is 1. The maximum absolute atomic E-state index is 13.2. The number of alkyl halides is 3. The van der Waals surface area contributed by atoms with Gasteiger partial charge in [-0.15, -0.1) is 13.2 Å². The summed E-state index contributed by atoms with van der Waals surface area (Å²) in [6.07, 6.45) is -4.06. The number of nitriles is 1. The number of rotatable bonds is 8. The van der Waals surface area contributed by atoms with Gasteiger partial charge < -0.3 is 15.4 Å². The highest BCUT2D eigenvalue weighted by atomic mass is 35.5. The molecule has 0 radical (unpaired) electrons. The zero-order valence-electron chi connectivity index (χ0n) is 19.5. The smallest absolute Gasteiger partial charge is 0.404 e. The minimum absolute atomic E-state index is 0.103. The fraction of sp³-hybridized carbons (Fsp3) is 0.280. The van der Waals surface area contributed by atoms with Gasteiger partial charge in [0.25, 0.3) is 5.91 Å². The molecule has 1 heterocycles. The molecule has 1 aliphatic rings. The van der Waals surface area contributed by atoms with E-state index >= 15 is 0 Å². The van der Waals surface area contributed by atoms with Crippen LogP contribution in [0.5, 0.6) is 5.75 Å². The quantitative estimate of drug-likeness (QED) is 0.454. The maximum Gasteiger partial charge on any atom is 0.573 e. The van der Waals surface area contributed by atoms with Crippen molar-refractivity contribution >= 4 is 23.4 Å². The number of carbonyl (C=O) groups excluding carboxylic acids is 2. The Balaban J connectivity index is 1.56. The molecule has 1 aromatic heterocycles. The Bertz CT molecular complexity index is 1360. The predicted molar refractivity (Wildman–Crippen MR) is 127 cm³/mol. The summed E-state index contributed by atoms with van der Waals surface area (Å²) in [7, 11) is 1.59. The van der Waals surface area contributed by atoms with Crippen LogP contribution in [0.25, 0.3) is 11.3 Å². The molecule has 1 fully saturated rings. The van der Waals surface area contributed by atoms with Crippen LogP contribution in [0.1, 0.15) is 28.9 Å². The van der Waals surface area contributed by atoms with E-state index in [4.69, 9.17) is 11.6 Å². The number of nitrogens with one attached hydrogen (secondary N) is 2. The van der Waals surface area contributed by atoms with Gasteiger partial charge in [0.2, 0.25) is 5.91 Å². The first kappa shape index (κ1) is 26.0. The summed E-state index contributed by atoms with van der Waals surface area (Å²) in [4.78, 5) is 26.2. The number of benzene rings is 2. The molecule has 0 saturated heterocycles. The summed E-state index contributed by atoms with van der Waals surface area (Å²) < 4.78 is 43.0. The number of aryl methyl sites for hydroxylation is 1. The van der Waals surface area contributed by atoms with Crippen molar-refractivity contribution in [1.82, 2.24) is 20.4 Å².